The Hall–Kier alpha value is -0.620. The van der Waals surface area contributed by atoms with Crippen LogP contribution in [0.15, 0.2) is 0 Å². The Balaban J connectivity index is 1.98. The minimum atomic E-state index is -2.97. The monoisotopic (exact) mass is 289 g/mol. The first kappa shape index (κ1) is 14.8. The molecule has 2 aliphatic rings. The van der Waals surface area contributed by atoms with Crippen LogP contribution in [0.3, 0.4) is 0 Å². The van der Waals surface area contributed by atoms with Gasteiger partial charge in [-0.3, -0.25) is 9.69 Å². The molecule has 110 valence electrons. The van der Waals surface area contributed by atoms with Crippen molar-refractivity contribution in [3.63, 3.8) is 0 Å². The van der Waals surface area contributed by atoms with Gasteiger partial charge in [-0.05, 0) is 32.1 Å². The molecule has 0 heterocycles. The van der Waals surface area contributed by atoms with Crippen LogP contribution in [0.2, 0.25) is 0 Å². The van der Waals surface area contributed by atoms with E-state index in [0.717, 1.165) is 32.1 Å². The van der Waals surface area contributed by atoms with Gasteiger partial charge in [0.2, 0.25) is 0 Å². The van der Waals surface area contributed by atoms with Gasteiger partial charge in [-0.25, -0.2) is 8.42 Å². The molecule has 0 aromatic heterocycles. The predicted molar refractivity (Wildman–Crippen MR) is 72.9 cm³/mol. The molecule has 0 bridgehead atoms. The van der Waals surface area contributed by atoms with Gasteiger partial charge in [-0.1, -0.05) is 6.42 Å². The molecule has 0 aromatic rings. The Morgan fingerprint density at radius 2 is 1.89 bits per heavy atom. The summed E-state index contributed by atoms with van der Waals surface area (Å²) in [5, 5.41) is 8.58. The fourth-order valence-electron chi connectivity index (χ4n) is 3.10. The average molecular weight is 289 g/mol. The van der Waals surface area contributed by atoms with Crippen molar-refractivity contribution in [1.29, 1.82) is 0 Å². The Labute approximate surface area is 114 Å². The van der Waals surface area contributed by atoms with Crippen molar-refractivity contribution >= 4 is 15.8 Å². The van der Waals surface area contributed by atoms with E-state index in [1.165, 1.54) is 6.26 Å². The number of rotatable bonds is 6. The summed E-state index contributed by atoms with van der Waals surface area (Å²) in [7, 11) is -2.97. The molecule has 2 fully saturated rings. The maximum absolute atomic E-state index is 11.7. The summed E-state index contributed by atoms with van der Waals surface area (Å²) >= 11 is 0. The van der Waals surface area contributed by atoms with Crippen LogP contribution in [0, 0.1) is 0 Å². The van der Waals surface area contributed by atoms with E-state index >= 15 is 0 Å². The van der Waals surface area contributed by atoms with Crippen molar-refractivity contribution in [3.8, 4) is 0 Å². The highest BCUT2D eigenvalue weighted by molar-refractivity contribution is 7.91. The standard InChI is InChI=1S/C13H23NO4S/c1-19(17,18)12-4-2-3-11(9-12)14(10-5-6-10)8-7-13(15)16/h10-12H,2-9H2,1H3,(H,15,16). The quantitative estimate of drug-likeness (QED) is 0.797. The lowest BCUT2D eigenvalue weighted by Gasteiger charge is -2.37. The molecule has 2 atom stereocenters. The van der Waals surface area contributed by atoms with Crippen molar-refractivity contribution in [3.05, 3.63) is 0 Å². The molecule has 0 saturated heterocycles. The van der Waals surface area contributed by atoms with Gasteiger partial charge in [-0.15, -0.1) is 0 Å². The van der Waals surface area contributed by atoms with Crippen molar-refractivity contribution in [1.82, 2.24) is 4.90 Å². The molecule has 2 rings (SSSR count). The minimum Gasteiger partial charge on any atom is -0.481 e. The van der Waals surface area contributed by atoms with Gasteiger partial charge in [0.25, 0.3) is 0 Å². The van der Waals surface area contributed by atoms with Gasteiger partial charge in [0, 0.05) is 24.9 Å². The molecule has 0 aliphatic heterocycles. The van der Waals surface area contributed by atoms with Crippen LogP contribution in [0.25, 0.3) is 0 Å². The zero-order chi connectivity index (χ0) is 14.0. The van der Waals surface area contributed by atoms with Crippen LogP contribution in [-0.4, -0.2) is 54.5 Å². The molecule has 19 heavy (non-hydrogen) atoms. The van der Waals surface area contributed by atoms with E-state index in [1.807, 2.05) is 0 Å². The van der Waals surface area contributed by atoms with Gasteiger partial charge in [0.15, 0.2) is 0 Å². The zero-order valence-electron chi connectivity index (χ0n) is 11.4. The number of hydrogen-bond donors (Lipinski definition) is 1. The second kappa shape index (κ2) is 5.79. The van der Waals surface area contributed by atoms with E-state index in [9.17, 15) is 13.2 Å². The number of aliphatic carboxylic acids is 1. The molecule has 1 N–H and O–H groups in total. The topological polar surface area (TPSA) is 74.7 Å². The number of sulfone groups is 1. The second-order valence-electron chi connectivity index (χ2n) is 5.88. The van der Waals surface area contributed by atoms with E-state index in [1.54, 1.807) is 0 Å². The highest BCUT2D eigenvalue weighted by Crippen LogP contribution is 2.35. The molecule has 0 spiro atoms. The maximum Gasteiger partial charge on any atom is 0.304 e. The molecule has 0 radical (unpaired) electrons. The fourth-order valence-corrected chi connectivity index (χ4v) is 4.27. The van der Waals surface area contributed by atoms with Gasteiger partial charge in [0.05, 0.1) is 11.7 Å². The molecule has 2 unspecified atom stereocenters. The normalized spacial score (nSPS) is 28.5. The van der Waals surface area contributed by atoms with Crippen LogP contribution in [0.1, 0.15) is 44.9 Å². The molecule has 0 amide bonds. The third-order valence-corrected chi connectivity index (χ3v) is 5.91. The SMILES string of the molecule is CS(=O)(=O)C1CCCC(N(CCC(=O)O)C2CC2)C1. The summed E-state index contributed by atoms with van der Waals surface area (Å²) in [5.41, 5.74) is 0. The molecule has 6 heteroatoms. The average Bonchev–Trinajstić information content (AvgIpc) is 3.13. The molecular formula is C13H23NO4S. The lowest BCUT2D eigenvalue weighted by atomic mass is 9.93. The van der Waals surface area contributed by atoms with E-state index in [4.69, 9.17) is 5.11 Å². The first-order valence-corrected chi connectivity index (χ1v) is 9.00. The smallest absolute Gasteiger partial charge is 0.304 e. The van der Waals surface area contributed by atoms with Gasteiger partial charge in [0.1, 0.15) is 9.84 Å². The van der Waals surface area contributed by atoms with Crippen molar-refractivity contribution in [2.75, 3.05) is 12.8 Å². The highest BCUT2D eigenvalue weighted by atomic mass is 32.2. The Kier molecular flexibility index (Phi) is 4.50. The van der Waals surface area contributed by atoms with E-state index in [0.29, 0.717) is 19.0 Å². The predicted octanol–water partition coefficient (Wildman–Crippen LogP) is 1.28. The lowest BCUT2D eigenvalue weighted by Crippen LogP contribution is -2.44. The van der Waals surface area contributed by atoms with Crippen molar-refractivity contribution < 1.29 is 18.3 Å². The van der Waals surface area contributed by atoms with E-state index < -0.39 is 15.8 Å². The fraction of sp³-hybridized carbons (Fsp3) is 0.923. The van der Waals surface area contributed by atoms with Crippen LogP contribution in [0.5, 0.6) is 0 Å². The number of carboxylic acids is 1. The van der Waals surface area contributed by atoms with E-state index in [2.05, 4.69) is 4.90 Å². The summed E-state index contributed by atoms with van der Waals surface area (Å²) in [6.45, 7) is 0.557. The summed E-state index contributed by atoms with van der Waals surface area (Å²) in [4.78, 5) is 13.0. The first-order valence-electron chi connectivity index (χ1n) is 7.04. The van der Waals surface area contributed by atoms with Gasteiger partial charge >= 0.3 is 5.97 Å². The van der Waals surface area contributed by atoms with Crippen LogP contribution < -0.4 is 0 Å². The Bertz CT molecular complexity index is 430. The zero-order valence-corrected chi connectivity index (χ0v) is 12.2. The van der Waals surface area contributed by atoms with Crippen LogP contribution >= 0.6 is 0 Å². The van der Waals surface area contributed by atoms with Crippen LogP contribution in [0.4, 0.5) is 0 Å². The minimum absolute atomic E-state index is 0.149. The van der Waals surface area contributed by atoms with Gasteiger partial charge in [-0.2, -0.15) is 0 Å². The van der Waals surface area contributed by atoms with Crippen LogP contribution in [-0.2, 0) is 14.6 Å². The summed E-state index contributed by atoms with van der Waals surface area (Å²) in [6, 6.07) is 0.739. The third kappa shape index (κ3) is 4.18. The highest BCUT2D eigenvalue weighted by Gasteiger charge is 2.38. The Morgan fingerprint density at radius 1 is 1.21 bits per heavy atom. The largest absolute Gasteiger partial charge is 0.481 e. The summed E-state index contributed by atoms with van der Waals surface area (Å²) < 4.78 is 23.4. The number of carbonyl (C=O) groups is 1. The molecular weight excluding hydrogens is 266 g/mol. The van der Waals surface area contributed by atoms with E-state index in [-0.39, 0.29) is 17.7 Å². The first-order chi connectivity index (χ1) is 8.88. The third-order valence-electron chi connectivity index (χ3n) is 4.27. The maximum atomic E-state index is 11.7. The lowest BCUT2D eigenvalue weighted by molar-refractivity contribution is -0.137. The number of carboxylic acid groups (broad SMARTS) is 1. The molecule has 0 aromatic carbocycles. The summed E-state index contributed by atoms with van der Waals surface area (Å²) in [6.07, 6.45) is 7.08. The van der Waals surface area contributed by atoms with Crippen molar-refractivity contribution in [2.24, 2.45) is 0 Å². The molecule has 2 aliphatic carbocycles. The Morgan fingerprint density at radius 3 is 2.42 bits per heavy atom. The summed E-state index contributed by atoms with van der Waals surface area (Å²) in [5.74, 6) is -0.777. The number of hydrogen-bond acceptors (Lipinski definition) is 4. The molecule has 5 nitrogen and oxygen atoms in total. The number of nitrogens with zero attached hydrogens (tertiary/aromatic N) is 1. The van der Waals surface area contributed by atoms with Crippen molar-refractivity contribution in [2.45, 2.75) is 62.3 Å². The van der Waals surface area contributed by atoms with Gasteiger partial charge < -0.3 is 5.11 Å². The molecule has 2 saturated carbocycles. The second-order valence-corrected chi connectivity index (χ2v) is 8.21.